The number of nitrogens with one attached hydrogen (secondary N) is 3. The predicted octanol–water partition coefficient (Wildman–Crippen LogP) is 1.36. The van der Waals surface area contributed by atoms with Crippen LogP contribution in [0.3, 0.4) is 0 Å². The highest BCUT2D eigenvalue weighted by molar-refractivity contribution is 4.64. The van der Waals surface area contributed by atoms with E-state index >= 15 is 0 Å². The van der Waals surface area contributed by atoms with Gasteiger partial charge in [0.15, 0.2) is 0 Å². The Labute approximate surface area is 118 Å². The Balaban J connectivity index is 3.21. The van der Waals surface area contributed by atoms with Crippen molar-refractivity contribution >= 4 is 0 Å². The first-order valence-corrected chi connectivity index (χ1v) is 7.44. The van der Waals surface area contributed by atoms with Crippen molar-refractivity contribution < 1.29 is 4.81 Å². The van der Waals surface area contributed by atoms with Gasteiger partial charge in [0.1, 0.15) is 0 Å². The molecule has 6 nitrogen and oxygen atoms in total. The van der Waals surface area contributed by atoms with Crippen molar-refractivity contribution in [2.75, 3.05) is 6.67 Å². The van der Waals surface area contributed by atoms with E-state index in [-0.39, 0.29) is 0 Å². The molecule has 19 heavy (non-hydrogen) atoms. The topological polar surface area (TPSA) is 42.6 Å². The van der Waals surface area contributed by atoms with Gasteiger partial charge in [-0.3, -0.25) is 0 Å². The summed E-state index contributed by atoms with van der Waals surface area (Å²) in [6, 6.07) is 1.76. The second-order valence-corrected chi connectivity index (χ2v) is 6.44. The third-order valence-electron chi connectivity index (χ3n) is 3.50. The SMILES string of the molecule is CC(C)N(C(C)C)[N+]1(N(C(C)C)C(C)C)CNNN1. The van der Waals surface area contributed by atoms with Crippen LogP contribution in [0.5, 0.6) is 0 Å². The number of hydrazine groups is 2. The molecule has 0 aromatic carbocycles. The maximum atomic E-state index is 3.42. The number of hydrogen-bond donors (Lipinski definition) is 3. The Morgan fingerprint density at radius 2 is 1.11 bits per heavy atom. The first kappa shape index (κ1) is 16.8. The summed E-state index contributed by atoms with van der Waals surface area (Å²) in [4.78, 5) is 0.602. The largest absolute Gasteiger partial charge is 0.203 e. The standard InChI is InChI=1S/C13H33N6/c1-10(2)17(11(3)4)19(9-14-15-16-19)18(12(5)6)13(7)8/h10-16H,9H2,1-8H3/q+1. The highest BCUT2D eigenvalue weighted by Gasteiger charge is 2.50. The molecule has 6 heteroatoms. The molecule has 0 bridgehead atoms. The highest BCUT2D eigenvalue weighted by Crippen LogP contribution is 2.25. The Hall–Kier alpha value is -0.240. The lowest BCUT2D eigenvalue weighted by molar-refractivity contribution is -1.16. The van der Waals surface area contributed by atoms with E-state index < -0.39 is 0 Å². The fraction of sp³-hybridized carbons (Fsp3) is 1.00. The van der Waals surface area contributed by atoms with Gasteiger partial charge in [-0.15, -0.1) is 15.6 Å². The molecule has 1 aliphatic heterocycles. The first-order chi connectivity index (χ1) is 8.74. The van der Waals surface area contributed by atoms with Crippen molar-refractivity contribution in [3.05, 3.63) is 0 Å². The molecule has 1 aliphatic rings. The average Bonchev–Trinajstić information content (AvgIpc) is 2.64. The second-order valence-electron chi connectivity index (χ2n) is 6.44. The van der Waals surface area contributed by atoms with Crippen LogP contribution >= 0.6 is 0 Å². The summed E-state index contributed by atoms with van der Waals surface area (Å²) in [6.45, 7) is 18.8. The predicted molar refractivity (Wildman–Crippen MR) is 78.8 cm³/mol. The molecular formula is C13H33N6+. The summed E-state index contributed by atoms with van der Waals surface area (Å²) in [7, 11) is 0. The molecule has 0 saturated carbocycles. The third-order valence-corrected chi connectivity index (χ3v) is 3.50. The van der Waals surface area contributed by atoms with Gasteiger partial charge in [-0.2, -0.15) is 5.43 Å². The zero-order chi connectivity index (χ0) is 14.8. The van der Waals surface area contributed by atoms with Crippen LogP contribution < -0.4 is 16.5 Å². The summed E-state index contributed by atoms with van der Waals surface area (Å²) < 4.78 is 0. The lowest BCUT2D eigenvalue weighted by atomic mass is 10.2. The summed E-state index contributed by atoms with van der Waals surface area (Å²) in [5.41, 5.74) is 9.73. The van der Waals surface area contributed by atoms with Gasteiger partial charge in [0.2, 0.25) is 6.67 Å². The summed E-state index contributed by atoms with van der Waals surface area (Å²) >= 11 is 0. The van der Waals surface area contributed by atoms with Crippen molar-refractivity contribution in [2.24, 2.45) is 0 Å². The normalized spacial score (nSPS) is 19.9. The van der Waals surface area contributed by atoms with E-state index in [0.29, 0.717) is 29.0 Å². The van der Waals surface area contributed by atoms with Gasteiger partial charge < -0.3 is 0 Å². The molecule has 0 radical (unpaired) electrons. The van der Waals surface area contributed by atoms with Gasteiger partial charge in [0.25, 0.3) is 0 Å². The highest BCUT2D eigenvalue weighted by atomic mass is 16.2. The molecule has 1 rings (SSSR count). The van der Waals surface area contributed by atoms with E-state index in [9.17, 15) is 0 Å². The van der Waals surface area contributed by atoms with Crippen LogP contribution in [0.2, 0.25) is 0 Å². The second kappa shape index (κ2) is 6.47. The fourth-order valence-corrected chi connectivity index (χ4v) is 3.44. The summed E-state index contributed by atoms with van der Waals surface area (Å²) in [5, 5.41) is 4.96. The van der Waals surface area contributed by atoms with Crippen LogP contribution in [0.4, 0.5) is 0 Å². The zero-order valence-corrected chi connectivity index (χ0v) is 13.9. The molecule has 0 amide bonds. The smallest absolute Gasteiger partial charge is 0.185 e. The van der Waals surface area contributed by atoms with Crippen molar-refractivity contribution in [1.82, 2.24) is 26.5 Å². The first-order valence-electron chi connectivity index (χ1n) is 7.44. The molecule has 0 aromatic heterocycles. The molecule has 0 aromatic rings. The lowest BCUT2D eigenvalue weighted by Gasteiger charge is -2.51. The summed E-state index contributed by atoms with van der Waals surface area (Å²) in [6.07, 6.45) is 0. The number of rotatable bonds is 6. The molecule has 0 atom stereocenters. The molecule has 1 fully saturated rings. The van der Waals surface area contributed by atoms with Crippen LogP contribution in [0.25, 0.3) is 0 Å². The molecule has 0 spiro atoms. The monoisotopic (exact) mass is 273 g/mol. The Bertz CT molecular complexity index is 232. The zero-order valence-electron chi connectivity index (χ0n) is 13.9. The Morgan fingerprint density at radius 3 is 1.32 bits per heavy atom. The van der Waals surface area contributed by atoms with Gasteiger partial charge in [0.05, 0.1) is 24.2 Å². The van der Waals surface area contributed by atoms with Gasteiger partial charge >= 0.3 is 0 Å². The molecule has 0 aliphatic carbocycles. The average molecular weight is 273 g/mol. The Kier molecular flexibility index (Phi) is 5.73. The van der Waals surface area contributed by atoms with E-state index in [1.807, 2.05) is 0 Å². The molecular weight excluding hydrogens is 240 g/mol. The van der Waals surface area contributed by atoms with Gasteiger partial charge in [-0.05, 0) is 60.9 Å². The minimum atomic E-state index is 0.439. The van der Waals surface area contributed by atoms with Gasteiger partial charge in [-0.25, -0.2) is 0 Å². The minimum absolute atomic E-state index is 0.439. The number of nitrogens with zero attached hydrogens (tertiary/aromatic N) is 3. The quantitative estimate of drug-likeness (QED) is 0.638. The fourth-order valence-electron chi connectivity index (χ4n) is 3.44. The van der Waals surface area contributed by atoms with E-state index in [1.54, 1.807) is 0 Å². The van der Waals surface area contributed by atoms with Gasteiger partial charge in [-0.1, -0.05) is 4.81 Å². The maximum Gasteiger partial charge on any atom is 0.203 e. The van der Waals surface area contributed by atoms with Crippen LogP contribution in [-0.4, -0.2) is 45.7 Å². The molecule has 3 N–H and O–H groups in total. The van der Waals surface area contributed by atoms with Crippen molar-refractivity contribution in [1.29, 1.82) is 0 Å². The summed E-state index contributed by atoms with van der Waals surface area (Å²) in [5.74, 6) is 0. The van der Waals surface area contributed by atoms with E-state index in [1.165, 1.54) is 0 Å². The van der Waals surface area contributed by atoms with Crippen molar-refractivity contribution in [3.63, 3.8) is 0 Å². The number of quaternary nitrogens is 1. The third kappa shape index (κ3) is 3.26. The van der Waals surface area contributed by atoms with Crippen LogP contribution in [0, 0.1) is 0 Å². The van der Waals surface area contributed by atoms with Crippen LogP contribution in [0.1, 0.15) is 55.4 Å². The van der Waals surface area contributed by atoms with Crippen LogP contribution in [0.15, 0.2) is 0 Å². The number of hydrogen-bond acceptors (Lipinski definition) is 5. The molecule has 1 saturated heterocycles. The van der Waals surface area contributed by atoms with E-state index in [2.05, 4.69) is 81.9 Å². The molecule has 1 heterocycles. The van der Waals surface area contributed by atoms with E-state index in [4.69, 9.17) is 0 Å². The Morgan fingerprint density at radius 1 is 0.737 bits per heavy atom. The van der Waals surface area contributed by atoms with Gasteiger partial charge in [0, 0.05) is 0 Å². The lowest BCUT2D eigenvalue weighted by Crippen LogP contribution is -2.78. The molecule has 114 valence electrons. The van der Waals surface area contributed by atoms with Crippen LogP contribution in [-0.2, 0) is 0 Å². The minimum Gasteiger partial charge on any atom is -0.185 e. The molecule has 0 unspecified atom stereocenters. The maximum absolute atomic E-state index is 3.42. The van der Waals surface area contributed by atoms with E-state index in [0.717, 1.165) is 6.67 Å². The van der Waals surface area contributed by atoms with Crippen molar-refractivity contribution in [3.8, 4) is 0 Å². The van der Waals surface area contributed by atoms with Crippen molar-refractivity contribution in [2.45, 2.75) is 79.6 Å².